The highest BCUT2D eigenvalue weighted by atomic mass is 16.5. The lowest BCUT2D eigenvalue weighted by molar-refractivity contribution is -0.132. The highest BCUT2D eigenvalue weighted by molar-refractivity contribution is 5.90. The summed E-state index contributed by atoms with van der Waals surface area (Å²) in [6.45, 7) is 2.09. The largest absolute Gasteiger partial charge is 0.465 e. The van der Waals surface area contributed by atoms with Gasteiger partial charge in [-0.1, -0.05) is 0 Å². The average molecular weight is 251 g/mol. The zero-order valence-corrected chi connectivity index (χ0v) is 10.9. The van der Waals surface area contributed by atoms with Crippen molar-refractivity contribution in [2.24, 2.45) is 5.92 Å². The number of amides is 1. The molecule has 1 heterocycles. The lowest BCUT2D eigenvalue weighted by atomic mass is 10.2. The normalized spacial score (nSPS) is 14.4. The number of methoxy groups -OCH3 is 1. The third-order valence-corrected chi connectivity index (χ3v) is 3.07. The zero-order valence-electron chi connectivity index (χ0n) is 10.9. The quantitative estimate of drug-likeness (QED) is 0.765. The number of nitrogens with zero attached hydrogens (tertiary/aromatic N) is 1. The lowest BCUT2D eigenvalue weighted by Gasteiger charge is -2.14. The number of aryl methyl sites for hydroxylation is 1. The van der Waals surface area contributed by atoms with Gasteiger partial charge in [0.25, 0.3) is 0 Å². The average Bonchev–Trinajstić information content (AvgIpc) is 3.12. The van der Waals surface area contributed by atoms with E-state index in [1.165, 1.54) is 7.11 Å². The maximum atomic E-state index is 11.8. The van der Waals surface area contributed by atoms with Crippen LogP contribution in [0.25, 0.3) is 0 Å². The van der Waals surface area contributed by atoms with Crippen LogP contribution in [-0.2, 0) is 16.1 Å². The Morgan fingerprint density at radius 1 is 1.50 bits per heavy atom. The van der Waals surface area contributed by atoms with Crippen molar-refractivity contribution in [3.63, 3.8) is 0 Å². The van der Waals surface area contributed by atoms with Crippen molar-refractivity contribution in [1.82, 2.24) is 4.90 Å². The number of ether oxygens (including phenoxy) is 1. The summed E-state index contributed by atoms with van der Waals surface area (Å²) >= 11 is 0. The van der Waals surface area contributed by atoms with E-state index in [-0.39, 0.29) is 11.8 Å². The fourth-order valence-electron chi connectivity index (χ4n) is 1.89. The lowest BCUT2D eigenvalue weighted by Crippen LogP contribution is -2.27. The van der Waals surface area contributed by atoms with Gasteiger partial charge in [0, 0.05) is 13.0 Å². The summed E-state index contributed by atoms with van der Waals surface area (Å²) in [5, 5.41) is 0. The Hall–Kier alpha value is -1.78. The van der Waals surface area contributed by atoms with Gasteiger partial charge in [-0.05, 0) is 25.8 Å². The Morgan fingerprint density at radius 2 is 2.17 bits per heavy atom. The van der Waals surface area contributed by atoms with Crippen LogP contribution >= 0.6 is 0 Å². The second-order valence-electron chi connectivity index (χ2n) is 4.64. The molecule has 0 aliphatic heterocycles. The molecular formula is C13H17NO4. The van der Waals surface area contributed by atoms with E-state index in [9.17, 15) is 9.59 Å². The van der Waals surface area contributed by atoms with E-state index in [0.717, 1.165) is 12.8 Å². The molecule has 0 radical (unpaired) electrons. The van der Waals surface area contributed by atoms with Crippen molar-refractivity contribution < 1.29 is 18.7 Å². The molecule has 98 valence electrons. The van der Waals surface area contributed by atoms with Crippen LogP contribution in [0.4, 0.5) is 0 Å². The molecule has 5 heteroatoms. The van der Waals surface area contributed by atoms with Crippen molar-refractivity contribution in [3.8, 4) is 0 Å². The fourth-order valence-corrected chi connectivity index (χ4v) is 1.89. The second-order valence-corrected chi connectivity index (χ2v) is 4.64. The molecule has 0 aromatic carbocycles. The molecule has 0 spiro atoms. The Kier molecular flexibility index (Phi) is 3.41. The van der Waals surface area contributed by atoms with Gasteiger partial charge in [-0.3, -0.25) is 4.79 Å². The molecule has 18 heavy (non-hydrogen) atoms. The van der Waals surface area contributed by atoms with Gasteiger partial charge in [0.15, 0.2) is 0 Å². The molecule has 0 bridgehead atoms. The highest BCUT2D eigenvalue weighted by Gasteiger charge is 2.32. The molecule has 1 aliphatic rings. The summed E-state index contributed by atoms with van der Waals surface area (Å²) in [6.07, 6.45) is 1.96. The van der Waals surface area contributed by atoms with E-state index >= 15 is 0 Å². The number of carbonyl (C=O) groups excluding carboxylic acids is 2. The van der Waals surface area contributed by atoms with Gasteiger partial charge in [0.2, 0.25) is 5.91 Å². The Morgan fingerprint density at radius 3 is 2.72 bits per heavy atom. The van der Waals surface area contributed by atoms with Crippen LogP contribution in [0.1, 0.15) is 34.7 Å². The first-order valence-electron chi connectivity index (χ1n) is 5.95. The maximum absolute atomic E-state index is 11.8. The molecule has 0 saturated heterocycles. The molecule has 1 aromatic heterocycles. The molecule has 5 nitrogen and oxygen atoms in total. The summed E-state index contributed by atoms with van der Waals surface area (Å²) in [5.74, 6) is 1.03. The minimum atomic E-state index is -0.418. The molecular weight excluding hydrogens is 234 g/mol. The number of esters is 1. The van der Waals surface area contributed by atoms with Crippen LogP contribution < -0.4 is 0 Å². The minimum Gasteiger partial charge on any atom is -0.465 e. The first-order valence-corrected chi connectivity index (χ1v) is 5.95. The van der Waals surface area contributed by atoms with Crippen molar-refractivity contribution in [2.75, 3.05) is 14.2 Å². The van der Waals surface area contributed by atoms with E-state index in [0.29, 0.717) is 23.6 Å². The van der Waals surface area contributed by atoms with E-state index < -0.39 is 5.97 Å². The Bertz CT molecular complexity index is 473. The van der Waals surface area contributed by atoms with Crippen molar-refractivity contribution >= 4 is 11.9 Å². The standard InChI is InChI=1S/C13H17NO4/c1-8-11(13(16)17-3)6-10(18-8)7-14(2)12(15)9-4-5-9/h6,9H,4-5,7H2,1-3H3. The van der Waals surface area contributed by atoms with Gasteiger partial charge < -0.3 is 14.1 Å². The molecule has 2 rings (SSSR count). The topological polar surface area (TPSA) is 59.8 Å². The molecule has 1 fully saturated rings. The van der Waals surface area contributed by atoms with Crippen LogP contribution in [0.5, 0.6) is 0 Å². The van der Waals surface area contributed by atoms with Gasteiger partial charge in [0.1, 0.15) is 17.1 Å². The molecule has 1 amide bonds. The van der Waals surface area contributed by atoms with Crippen molar-refractivity contribution in [2.45, 2.75) is 26.3 Å². The smallest absolute Gasteiger partial charge is 0.341 e. The maximum Gasteiger partial charge on any atom is 0.341 e. The molecule has 0 N–H and O–H groups in total. The van der Waals surface area contributed by atoms with Crippen molar-refractivity contribution in [3.05, 3.63) is 23.2 Å². The van der Waals surface area contributed by atoms with E-state index in [1.807, 2.05) is 0 Å². The zero-order chi connectivity index (χ0) is 13.3. The van der Waals surface area contributed by atoms with Gasteiger partial charge >= 0.3 is 5.97 Å². The van der Waals surface area contributed by atoms with E-state index in [1.54, 1.807) is 24.9 Å². The number of furan rings is 1. The Labute approximate surface area is 106 Å². The molecule has 0 atom stereocenters. The Balaban J connectivity index is 2.05. The second kappa shape index (κ2) is 4.84. The molecule has 0 unspecified atom stereocenters. The highest BCUT2D eigenvalue weighted by Crippen LogP contribution is 2.31. The third-order valence-electron chi connectivity index (χ3n) is 3.07. The van der Waals surface area contributed by atoms with Gasteiger partial charge in [-0.2, -0.15) is 0 Å². The van der Waals surface area contributed by atoms with Crippen LogP contribution in [-0.4, -0.2) is 30.9 Å². The first kappa shape index (κ1) is 12.7. The monoisotopic (exact) mass is 251 g/mol. The van der Waals surface area contributed by atoms with E-state index in [4.69, 9.17) is 4.42 Å². The third kappa shape index (κ3) is 2.55. The minimum absolute atomic E-state index is 0.142. The number of hydrogen-bond donors (Lipinski definition) is 0. The summed E-state index contributed by atoms with van der Waals surface area (Å²) in [5.41, 5.74) is 0.416. The van der Waals surface area contributed by atoms with Crippen LogP contribution in [0.15, 0.2) is 10.5 Å². The molecule has 1 aliphatic carbocycles. The fraction of sp³-hybridized carbons (Fsp3) is 0.538. The molecule has 1 saturated carbocycles. The van der Waals surface area contributed by atoms with Gasteiger partial charge in [0.05, 0.1) is 13.7 Å². The predicted octanol–water partition coefficient (Wildman–Crippen LogP) is 1.74. The summed E-state index contributed by atoms with van der Waals surface area (Å²) in [4.78, 5) is 24.8. The van der Waals surface area contributed by atoms with Gasteiger partial charge in [-0.15, -0.1) is 0 Å². The predicted molar refractivity (Wildman–Crippen MR) is 64.0 cm³/mol. The number of hydrogen-bond acceptors (Lipinski definition) is 4. The number of rotatable bonds is 4. The number of carbonyl (C=O) groups is 2. The SMILES string of the molecule is COC(=O)c1cc(CN(C)C(=O)C2CC2)oc1C. The van der Waals surface area contributed by atoms with Crippen LogP contribution in [0.3, 0.4) is 0 Å². The van der Waals surface area contributed by atoms with Crippen LogP contribution in [0.2, 0.25) is 0 Å². The van der Waals surface area contributed by atoms with E-state index in [2.05, 4.69) is 4.74 Å². The molecule has 1 aromatic rings. The summed E-state index contributed by atoms with van der Waals surface area (Å²) in [7, 11) is 3.08. The first-order chi connectivity index (χ1) is 8.52. The summed E-state index contributed by atoms with van der Waals surface area (Å²) < 4.78 is 10.1. The van der Waals surface area contributed by atoms with Crippen molar-refractivity contribution in [1.29, 1.82) is 0 Å². The van der Waals surface area contributed by atoms with Crippen LogP contribution in [0, 0.1) is 12.8 Å². The summed E-state index contributed by atoms with van der Waals surface area (Å²) in [6, 6.07) is 1.64. The van der Waals surface area contributed by atoms with Gasteiger partial charge in [-0.25, -0.2) is 4.79 Å².